The third kappa shape index (κ3) is 3.35. The zero-order valence-corrected chi connectivity index (χ0v) is 15.0. The SMILES string of the molecule is O=C(OCC(=O)N1CCOC1=O)c1ccc2c(c1)C(=O)N(Cc1ccco1)C2=O. The third-order valence-electron chi connectivity index (χ3n) is 4.49. The van der Waals surface area contributed by atoms with Crippen molar-refractivity contribution in [3.63, 3.8) is 0 Å². The lowest BCUT2D eigenvalue weighted by molar-refractivity contribution is -0.131. The topological polar surface area (TPSA) is 123 Å². The lowest BCUT2D eigenvalue weighted by Gasteiger charge is -2.11. The van der Waals surface area contributed by atoms with Crippen molar-refractivity contribution in [2.24, 2.45) is 0 Å². The Morgan fingerprint density at radius 1 is 1.07 bits per heavy atom. The van der Waals surface area contributed by atoms with Crippen LogP contribution < -0.4 is 0 Å². The third-order valence-corrected chi connectivity index (χ3v) is 4.49. The quantitative estimate of drug-likeness (QED) is 0.544. The van der Waals surface area contributed by atoms with Gasteiger partial charge in [-0.3, -0.25) is 19.3 Å². The Labute approximate surface area is 163 Å². The fraction of sp³-hybridized carbons (Fsp3) is 0.211. The number of rotatable bonds is 5. The number of furan rings is 1. The largest absolute Gasteiger partial charge is 0.467 e. The summed E-state index contributed by atoms with van der Waals surface area (Å²) in [6.45, 7) is -0.494. The van der Waals surface area contributed by atoms with Crippen LogP contribution >= 0.6 is 0 Å². The van der Waals surface area contributed by atoms with Crippen molar-refractivity contribution in [3.8, 4) is 0 Å². The number of imide groups is 2. The zero-order valence-electron chi connectivity index (χ0n) is 15.0. The number of amides is 4. The standard InChI is InChI=1S/C19H14N2O8/c22-15(20-5-7-28-19(20)26)10-29-18(25)11-3-4-13-14(8-11)17(24)21(16(13)23)9-12-2-1-6-27-12/h1-4,6,8H,5,7,9-10H2. The summed E-state index contributed by atoms with van der Waals surface area (Å²) in [5.74, 6) is -2.19. The molecule has 0 bridgehead atoms. The molecule has 29 heavy (non-hydrogen) atoms. The molecular formula is C19H14N2O8. The summed E-state index contributed by atoms with van der Waals surface area (Å²) >= 11 is 0. The number of ether oxygens (including phenoxy) is 2. The van der Waals surface area contributed by atoms with Crippen LogP contribution in [-0.4, -0.2) is 59.3 Å². The first-order chi connectivity index (χ1) is 14.0. The molecule has 2 aromatic rings. The van der Waals surface area contributed by atoms with Crippen LogP contribution in [-0.2, 0) is 20.8 Å². The second-order valence-electron chi connectivity index (χ2n) is 6.27. The first kappa shape index (κ1) is 18.4. The summed E-state index contributed by atoms with van der Waals surface area (Å²) in [6, 6.07) is 7.21. The summed E-state index contributed by atoms with van der Waals surface area (Å²) in [4.78, 5) is 62.4. The molecule has 2 aliphatic heterocycles. The van der Waals surface area contributed by atoms with Crippen LogP contribution in [0.1, 0.15) is 36.8 Å². The van der Waals surface area contributed by atoms with E-state index in [1.54, 1.807) is 12.1 Å². The van der Waals surface area contributed by atoms with Gasteiger partial charge < -0.3 is 13.9 Å². The Morgan fingerprint density at radius 3 is 2.55 bits per heavy atom. The van der Waals surface area contributed by atoms with Gasteiger partial charge in [-0.25, -0.2) is 14.5 Å². The van der Waals surface area contributed by atoms with Gasteiger partial charge in [0.15, 0.2) is 6.61 Å². The minimum Gasteiger partial charge on any atom is -0.467 e. The van der Waals surface area contributed by atoms with Gasteiger partial charge in [0.25, 0.3) is 17.7 Å². The number of esters is 1. The molecule has 2 aliphatic rings. The van der Waals surface area contributed by atoms with Crippen LogP contribution in [0.25, 0.3) is 0 Å². The highest BCUT2D eigenvalue weighted by Gasteiger charge is 2.36. The van der Waals surface area contributed by atoms with Crippen molar-refractivity contribution in [2.75, 3.05) is 19.8 Å². The predicted octanol–water partition coefficient (Wildman–Crippen LogP) is 1.21. The second-order valence-corrected chi connectivity index (χ2v) is 6.27. The minimum atomic E-state index is -0.863. The van der Waals surface area contributed by atoms with E-state index in [0.717, 1.165) is 9.80 Å². The van der Waals surface area contributed by atoms with Crippen LogP contribution in [0.5, 0.6) is 0 Å². The first-order valence-electron chi connectivity index (χ1n) is 8.62. The van der Waals surface area contributed by atoms with E-state index >= 15 is 0 Å². The number of hydrogen-bond donors (Lipinski definition) is 0. The molecule has 10 heteroatoms. The summed E-state index contributed by atoms with van der Waals surface area (Å²) in [5, 5.41) is 0. The van der Waals surface area contributed by atoms with E-state index in [-0.39, 0.29) is 36.4 Å². The van der Waals surface area contributed by atoms with E-state index in [2.05, 4.69) is 4.74 Å². The molecule has 0 aliphatic carbocycles. The van der Waals surface area contributed by atoms with Crippen molar-refractivity contribution in [1.82, 2.24) is 9.80 Å². The van der Waals surface area contributed by atoms with Crippen LogP contribution in [0.15, 0.2) is 41.0 Å². The highest BCUT2D eigenvalue weighted by Crippen LogP contribution is 2.26. The van der Waals surface area contributed by atoms with Gasteiger partial charge in [0.05, 0.1) is 36.0 Å². The van der Waals surface area contributed by atoms with E-state index in [0.29, 0.717) is 5.76 Å². The first-order valence-corrected chi connectivity index (χ1v) is 8.62. The van der Waals surface area contributed by atoms with E-state index < -0.39 is 36.4 Å². The number of benzene rings is 1. The molecule has 4 rings (SSSR count). The Bertz CT molecular complexity index is 1030. The average Bonchev–Trinajstić information content (AvgIpc) is 3.44. The summed E-state index contributed by atoms with van der Waals surface area (Å²) in [6.07, 6.45) is 0.648. The van der Waals surface area contributed by atoms with Gasteiger partial charge in [-0.1, -0.05) is 0 Å². The highest BCUT2D eigenvalue weighted by atomic mass is 16.6. The lowest BCUT2D eigenvalue weighted by atomic mass is 10.1. The normalized spacial score (nSPS) is 15.5. The van der Waals surface area contributed by atoms with Crippen LogP contribution in [0.3, 0.4) is 0 Å². The number of nitrogens with zero attached hydrogens (tertiary/aromatic N) is 2. The van der Waals surface area contributed by atoms with E-state index in [1.807, 2.05) is 0 Å². The molecule has 0 N–H and O–H groups in total. The maximum Gasteiger partial charge on any atom is 0.416 e. The Hall–Kier alpha value is -3.95. The molecule has 0 spiro atoms. The maximum atomic E-state index is 12.6. The predicted molar refractivity (Wildman–Crippen MR) is 92.7 cm³/mol. The zero-order chi connectivity index (χ0) is 20.5. The molecule has 4 amide bonds. The van der Waals surface area contributed by atoms with Gasteiger partial charge >= 0.3 is 12.1 Å². The molecule has 1 fully saturated rings. The number of carbonyl (C=O) groups excluding carboxylic acids is 5. The number of cyclic esters (lactones) is 1. The van der Waals surface area contributed by atoms with Gasteiger partial charge in [0, 0.05) is 0 Å². The minimum absolute atomic E-state index is 0.00143. The fourth-order valence-corrected chi connectivity index (χ4v) is 3.03. The monoisotopic (exact) mass is 398 g/mol. The molecule has 1 saturated heterocycles. The smallest absolute Gasteiger partial charge is 0.416 e. The van der Waals surface area contributed by atoms with Crippen LogP contribution in [0.4, 0.5) is 4.79 Å². The molecular weight excluding hydrogens is 384 g/mol. The van der Waals surface area contributed by atoms with Gasteiger partial charge in [-0.05, 0) is 30.3 Å². The fourth-order valence-electron chi connectivity index (χ4n) is 3.03. The number of carbonyl (C=O) groups is 5. The second kappa shape index (κ2) is 7.23. The molecule has 0 radical (unpaired) electrons. The summed E-state index contributed by atoms with van der Waals surface area (Å²) in [7, 11) is 0. The van der Waals surface area contributed by atoms with Crippen molar-refractivity contribution in [3.05, 3.63) is 59.0 Å². The Kier molecular flexibility index (Phi) is 4.59. The van der Waals surface area contributed by atoms with E-state index in [4.69, 9.17) is 9.15 Å². The lowest BCUT2D eigenvalue weighted by Crippen LogP contribution is -2.35. The molecule has 0 atom stereocenters. The van der Waals surface area contributed by atoms with Crippen LogP contribution in [0.2, 0.25) is 0 Å². The van der Waals surface area contributed by atoms with Crippen LogP contribution in [0, 0.1) is 0 Å². The van der Waals surface area contributed by atoms with Gasteiger partial charge in [0.2, 0.25) is 0 Å². The van der Waals surface area contributed by atoms with Crippen molar-refractivity contribution in [1.29, 1.82) is 0 Å². The summed E-state index contributed by atoms with van der Waals surface area (Å²) < 4.78 is 14.7. The molecule has 0 saturated carbocycles. The molecule has 3 heterocycles. The molecule has 148 valence electrons. The van der Waals surface area contributed by atoms with Gasteiger partial charge in [-0.2, -0.15) is 0 Å². The molecule has 10 nitrogen and oxygen atoms in total. The molecule has 0 unspecified atom stereocenters. The highest BCUT2D eigenvalue weighted by molar-refractivity contribution is 6.21. The molecule has 1 aromatic carbocycles. The van der Waals surface area contributed by atoms with E-state index in [1.165, 1.54) is 24.5 Å². The molecule has 1 aromatic heterocycles. The number of hydrogen-bond acceptors (Lipinski definition) is 8. The number of fused-ring (bicyclic) bond motifs is 1. The Morgan fingerprint density at radius 2 is 1.86 bits per heavy atom. The maximum absolute atomic E-state index is 12.6. The van der Waals surface area contributed by atoms with Gasteiger partial charge in [-0.15, -0.1) is 0 Å². The van der Waals surface area contributed by atoms with E-state index in [9.17, 15) is 24.0 Å². The summed E-state index contributed by atoms with van der Waals surface area (Å²) in [5.41, 5.74) is 0.223. The Balaban J connectivity index is 1.45. The van der Waals surface area contributed by atoms with Crippen molar-refractivity contribution in [2.45, 2.75) is 6.54 Å². The average molecular weight is 398 g/mol. The van der Waals surface area contributed by atoms with Crippen molar-refractivity contribution < 1.29 is 37.9 Å². The van der Waals surface area contributed by atoms with Crippen molar-refractivity contribution >= 4 is 29.8 Å². The van der Waals surface area contributed by atoms with Gasteiger partial charge in [0.1, 0.15) is 12.4 Å².